The molecule has 1 aromatic heterocycles. The van der Waals surface area contributed by atoms with Crippen molar-refractivity contribution < 1.29 is 4.79 Å². The highest BCUT2D eigenvalue weighted by molar-refractivity contribution is 6.33. The van der Waals surface area contributed by atoms with Crippen LogP contribution in [0.4, 0.5) is 0 Å². The first kappa shape index (κ1) is 14.5. The first-order chi connectivity index (χ1) is 9.61. The van der Waals surface area contributed by atoms with Crippen LogP contribution in [-0.2, 0) is 13.0 Å². The lowest BCUT2D eigenvalue weighted by molar-refractivity contribution is 0.0950. The molecule has 20 heavy (non-hydrogen) atoms. The second kappa shape index (κ2) is 6.53. The molecule has 0 radical (unpaired) electrons. The summed E-state index contributed by atoms with van der Waals surface area (Å²) in [6, 6.07) is 9.76. The summed E-state index contributed by atoms with van der Waals surface area (Å²) in [6.07, 6.45) is 2.46. The first-order valence-electron chi connectivity index (χ1n) is 6.59. The van der Waals surface area contributed by atoms with E-state index in [1.165, 1.54) is 11.8 Å². The SMILES string of the molecule is CCc1ccccc1CNC(=O)c1cnc(C)cc1Cl. The van der Waals surface area contributed by atoms with E-state index >= 15 is 0 Å². The van der Waals surface area contributed by atoms with E-state index < -0.39 is 0 Å². The highest BCUT2D eigenvalue weighted by atomic mass is 35.5. The predicted octanol–water partition coefficient (Wildman–Crippen LogP) is 3.54. The summed E-state index contributed by atoms with van der Waals surface area (Å²) >= 11 is 6.06. The fourth-order valence-electron chi connectivity index (χ4n) is 2.04. The smallest absolute Gasteiger partial charge is 0.254 e. The number of carbonyl (C=O) groups is 1. The minimum Gasteiger partial charge on any atom is -0.348 e. The molecule has 3 nitrogen and oxygen atoms in total. The van der Waals surface area contributed by atoms with Gasteiger partial charge in [0.1, 0.15) is 0 Å². The van der Waals surface area contributed by atoms with Gasteiger partial charge in [-0.15, -0.1) is 0 Å². The molecule has 0 aliphatic heterocycles. The number of rotatable bonds is 4. The number of benzene rings is 1. The number of pyridine rings is 1. The van der Waals surface area contributed by atoms with Crippen molar-refractivity contribution in [3.8, 4) is 0 Å². The van der Waals surface area contributed by atoms with Crippen LogP contribution in [0.3, 0.4) is 0 Å². The third kappa shape index (κ3) is 3.36. The van der Waals surface area contributed by atoms with Crippen LogP contribution in [0, 0.1) is 6.92 Å². The normalized spacial score (nSPS) is 10.3. The van der Waals surface area contributed by atoms with E-state index in [0.717, 1.165) is 17.7 Å². The van der Waals surface area contributed by atoms with E-state index in [1.54, 1.807) is 6.07 Å². The van der Waals surface area contributed by atoms with Crippen LogP contribution in [0.25, 0.3) is 0 Å². The monoisotopic (exact) mass is 288 g/mol. The Morgan fingerprint density at radius 2 is 2.00 bits per heavy atom. The number of carbonyl (C=O) groups excluding carboxylic acids is 1. The highest BCUT2D eigenvalue weighted by Crippen LogP contribution is 2.16. The van der Waals surface area contributed by atoms with E-state index in [-0.39, 0.29) is 5.91 Å². The average molecular weight is 289 g/mol. The molecule has 0 fully saturated rings. The Balaban J connectivity index is 2.09. The molecule has 0 spiro atoms. The van der Waals surface area contributed by atoms with E-state index in [9.17, 15) is 4.79 Å². The van der Waals surface area contributed by atoms with Crippen LogP contribution in [0.1, 0.15) is 34.1 Å². The van der Waals surface area contributed by atoms with E-state index in [4.69, 9.17) is 11.6 Å². The van der Waals surface area contributed by atoms with Gasteiger partial charge in [-0.25, -0.2) is 0 Å². The maximum absolute atomic E-state index is 12.1. The Kier molecular flexibility index (Phi) is 4.74. The largest absolute Gasteiger partial charge is 0.348 e. The number of aryl methyl sites for hydroxylation is 2. The van der Waals surface area contributed by atoms with E-state index in [0.29, 0.717) is 17.1 Å². The first-order valence-corrected chi connectivity index (χ1v) is 6.96. The summed E-state index contributed by atoms with van der Waals surface area (Å²) in [6.45, 7) is 4.43. The number of amides is 1. The van der Waals surface area contributed by atoms with Gasteiger partial charge in [0.2, 0.25) is 0 Å². The van der Waals surface area contributed by atoms with Gasteiger partial charge in [-0.1, -0.05) is 42.8 Å². The fraction of sp³-hybridized carbons (Fsp3) is 0.250. The predicted molar refractivity (Wildman–Crippen MR) is 81.0 cm³/mol. The van der Waals surface area contributed by atoms with Crippen molar-refractivity contribution in [2.45, 2.75) is 26.8 Å². The molecule has 0 saturated carbocycles. The molecule has 1 heterocycles. The maximum atomic E-state index is 12.1. The summed E-state index contributed by atoms with van der Waals surface area (Å²) in [5.74, 6) is -0.201. The number of aromatic nitrogens is 1. The van der Waals surface area contributed by atoms with Gasteiger partial charge in [0.05, 0.1) is 10.6 Å². The van der Waals surface area contributed by atoms with Crippen molar-refractivity contribution in [1.82, 2.24) is 10.3 Å². The standard InChI is InChI=1S/C16H17ClN2O/c1-3-12-6-4-5-7-13(12)9-19-16(20)14-10-18-11(2)8-15(14)17/h4-8,10H,3,9H2,1-2H3,(H,19,20). The summed E-state index contributed by atoms with van der Waals surface area (Å²) in [5.41, 5.74) is 3.56. The Morgan fingerprint density at radius 3 is 2.65 bits per heavy atom. The highest BCUT2D eigenvalue weighted by Gasteiger charge is 2.11. The quantitative estimate of drug-likeness (QED) is 0.935. The molecule has 4 heteroatoms. The van der Waals surface area contributed by atoms with Gasteiger partial charge in [0, 0.05) is 18.4 Å². The van der Waals surface area contributed by atoms with Crippen LogP contribution in [-0.4, -0.2) is 10.9 Å². The van der Waals surface area contributed by atoms with Crippen LogP contribution in [0.15, 0.2) is 36.5 Å². The molecule has 0 bridgehead atoms. The number of nitrogens with one attached hydrogen (secondary N) is 1. The van der Waals surface area contributed by atoms with E-state index in [1.807, 2.05) is 25.1 Å². The van der Waals surface area contributed by atoms with Crippen molar-refractivity contribution >= 4 is 17.5 Å². The summed E-state index contributed by atoms with van der Waals surface area (Å²) in [5, 5.41) is 3.32. The molecule has 1 amide bonds. The topological polar surface area (TPSA) is 42.0 Å². The Hall–Kier alpha value is -1.87. The fourth-order valence-corrected chi connectivity index (χ4v) is 2.33. The lowest BCUT2D eigenvalue weighted by Gasteiger charge is -2.10. The zero-order valence-corrected chi connectivity index (χ0v) is 12.4. The third-order valence-corrected chi connectivity index (χ3v) is 3.49. The number of hydrogen-bond donors (Lipinski definition) is 1. The van der Waals surface area contributed by atoms with Gasteiger partial charge in [-0.2, -0.15) is 0 Å². The van der Waals surface area contributed by atoms with Gasteiger partial charge in [-0.3, -0.25) is 9.78 Å². The molecular weight excluding hydrogens is 272 g/mol. The summed E-state index contributed by atoms with van der Waals surface area (Å²) < 4.78 is 0. The van der Waals surface area contributed by atoms with Crippen molar-refractivity contribution in [2.24, 2.45) is 0 Å². The molecule has 0 aliphatic rings. The summed E-state index contributed by atoms with van der Waals surface area (Å²) in [7, 11) is 0. The van der Waals surface area contributed by atoms with Crippen molar-refractivity contribution in [1.29, 1.82) is 0 Å². The Labute approximate surface area is 124 Å². The molecule has 1 aromatic carbocycles. The molecule has 1 N–H and O–H groups in total. The molecule has 2 aromatic rings. The number of nitrogens with zero attached hydrogens (tertiary/aromatic N) is 1. The zero-order valence-electron chi connectivity index (χ0n) is 11.6. The molecule has 2 rings (SSSR count). The number of hydrogen-bond acceptors (Lipinski definition) is 2. The Morgan fingerprint density at radius 1 is 1.30 bits per heavy atom. The van der Waals surface area contributed by atoms with Crippen molar-refractivity contribution in [3.05, 3.63) is 63.9 Å². The summed E-state index contributed by atoms with van der Waals surface area (Å²) in [4.78, 5) is 16.2. The average Bonchev–Trinajstić information content (AvgIpc) is 2.45. The molecular formula is C16H17ClN2O. The lowest BCUT2D eigenvalue weighted by Crippen LogP contribution is -2.24. The van der Waals surface area contributed by atoms with Crippen molar-refractivity contribution in [3.63, 3.8) is 0 Å². The number of halogens is 1. The molecule has 0 unspecified atom stereocenters. The maximum Gasteiger partial charge on any atom is 0.254 e. The molecule has 0 aliphatic carbocycles. The van der Waals surface area contributed by atoms with Gasteiger partial charge < -0.3 is 5.32 Å². The zero-order chi connectivity index (χ0) is 14.5. The van der Waals surface area contributed by atoms with Crippen LogP contribution in [0.5, 0.6) is 0 Å². The van der Waals surface area contributed by atoms with Gasteiger partial charge >= 0.3 is 0 Å². The molecule has 0 atom stereocenters. The molecule has 104 valence electrons. The van der Waals surface area contributed by atoms with Gasteiger partial charge in [0.15, 0.2) is 0 Å². The minimum absolute atomic E-state index is 0.201. The Bertz CT molecular complexity index is 626. The second-order valence-corrected chi connectivity index (χ2v) is 5.02. The van der Waals surface area contributed by atoms with Crippen LogP contribution >= 0.6 is 11.6 Å². The van der Waals surface area contributed by atoms with Gasteiger partial charge in [0.25, 0.3) is 5.91 Å². The second-order valence-electron chi connectivity index (χ2n) is 4.61. The molecule has 0 saturated heterocycles. The third-order valence-electron chi connectivity index (χ3n) is 3.17. The van der Waals surface area contributed by atoms with Crippen LogP contribution in [0.2, 0.25) is 5.02 Å². The van der Waals surface area contributed by atoms with Gasteiger partial charge in [-0.05, 0) is 30.5 Å². The van der Waals surface area contributed by atoms with Crippen molar-refractivity contribution in [2.75, 3.05) is 0 Å². The van der Waals surface area contributed by atoms with E-state index in [2.05, 4.69) is 23.3 Å². The lowest BCUT2D eigenvalue weighted by atomic mass is 10.1. The van der Waals surface area contributed by atoms with Crippen LogP contribution < -0.4 is 5.32 Å². The minimum atomic E-state index is -0.201.